The van der Waals surface area contributed by atoms with Crippen molar-refractivity contribution in [3.05, 3.63) is 23.7 Å². The molecule has 1 amide bonds. The Morgan fingerprint density at radius 2 is 2.29 bits per heavy atom. The van der Waals surface area contributed by atoms with Gasteiger partial charge in [0.2, 0.25) is 5.78 Å². The first-order valence-corrected chi connectivity index (χ1v) is 3.99. The highest BCUT2D eigenvalue weighted by atomic mass is 16.1. The summed E-state index contributed by atoms with van der Waals surface area (Å²) in [6.45, 7) is 1.87. The Labute approximate surface area is 79.6 Å². The highest BCUT2D eigenvalue weighted by Gasteiger charge is 2.14. The lowest BCUT2D eigenvalue weighted by molar-refractivity contribution is 0.0997. The summed E-state index contributed by atoms with van der Waals surface area (Å²) in [5.41, 5.74) is 11.7. The van der Waals surface area contributed by atoms with Crippen LogP contribution < -0.4 is 11.5 Å². The van der Waals surface area contributed by atoms with Crippen LogP contribution in [0.4, 0.5) is 5.82 Å². The number of nitrogens with zero attached hydrogens (tertiary/aromatic N) is 3. The molecule has 0 fully saturated rings. The van der Waals surface area contributed by atoms with E-state index in [0.717, 1.165) is 5.56 Å². The SMILES string of the molecule is Cc1cnc2nc(C(N)=O)c(N)n2c1. The number of nitrogen functional groups attached to an aromatic ring is 1. The number of imidazole rings is 1. The molecule has 2 rings (SSSR count). The maximum atomic E-state index is 10.9. The lowest BCUT2D eigenvalue weighted by Gasteiger charge is -1.96. The molecule has 6 heteroatoms. The summed E-state index contributed by atoms with van der Waals surface area (Å²) in [4.78, 5) is 18.8. The van der Waals surface area contributed by atoms with Gasteiger partial charge in [0, 0.05) is 12.4 Å². The summed E-state index contributed by atoms with van der Waals surface area (Å²) in [6, 6.07) is 0. The first kappa shape index (κ1) is 8.49. The third kappa shape index (κ3) is 1.08. The molecule has 4 N–H and O–H groups in total. The molecule has 14 heavy (non-hydrogen) atoms. The summed E-state index contributed by atoms with van der Waals surface area (Å²) >= 11 is 0. The molecule has 0 bridgehead atoms. The van der Waals surface area contributed by atoms with Gasteiger partial charge in [-0.15, -0.1) is 0 Å². The molecule has 0 aliphatic heterocycles. The van der Waals surface area contributed by atoms with E-state index in [-0.39, 0.29) is 11.5 Å². The number of hydrogen-bond acceptors (Lipinski definition) is 4. The van der Waals surface area contributed by atoms with E-state index in [1.165, 1.54) is 4.40 Å². The van der Waals surface area contributed by atoms with Gasteiger partial charge in [0.15, 0.2) is 5.69 Å². The van der Waals surface area contributed by atoms with Crippen LogP contribution >= 0.6 is 0 Å². The van der Waals surface area contributed by atoms with Crippen LogP contribution in [0, 0.1) is 6.92 Å². The minimum atomic E-state index is -0.648. The van der Waals surface area contributed by atoms with Crippen LogP contribution in [0.3, 0.4) is 0 Å². The molecule has 2 aromatic rings. The van der Waals surface area contributed by atoms with E-state index in [1.54, 1.807) is 12.4 Å². The third-order valence-electron chi connectivity index (χ3n) is 1.88. The predicted molar refractivity (Wildman–Crippen MR) is 50.7 cm³/mol. The number of amides is 1. The summed E-state index contributed by atoms with van der Waals surface area (Å²) in [5.74, 6) is -0.0451. The summed E-state index contributed by atoms with van der Waals surface area (Å²) in [5, 5.41) is 0. The van der Waals surface area contributed by atoms with Gasteiger partial charge in [-0.3, -0.25) is 9.20 Å². The van der Waals surface area contributed by atoms with Crippen LogP contribution in [-0.4, -0.2) is 20.3 Å². The zero-order valence-electron chi connectivity index (χ0n) is 7.56. The zero-order valence-corrected chi connectivity index (χ0v) is 7.56. The maximum absolute atomic E-state index is 10.9. The quantitative estimate of drug-likeness (QED) is 0.647. The molecule has 6 nitrogen and oxygen atoms in total. The zero-order chi connectivity index (χ0) is 10.3. The van der Waals surface area contributed by atoms with E-state index in [2.05, 4.69) is 9.97 Å². The molecule has 2 aromatic heterocycles. The molecule has 0 aliphatic rings. The van der Waals surface area contributed by atoms with Crippen LogP contribution in [-0.2, 0) is 0 Å². The van der Waals surface area contributed by atoms with Gasteiger partial charge in [0.25, 0.3) is 5.91 Å². The Bertz CT molecular complexity index is 516. The highest BCUT2D eigenvalue weighted by molar-refractivity contribution is 5.96. The molecule has 0 spiro atoms. The molecule has 72 valence electrons. The number of fused-ring (bicyclic) bond motifs is 1. The van der Waals surface area contributed by atoms with Crippen molar-refractivity contribution in [3.63, 3.8) is 0 Å². The lowest BCUT2D eigenvalue weighted by Crippen LogP contribution is -2.13. The summed E-state index contributed by atoms with van der Waals surface area (Å²) in [6.07, 6.45) is 3.39. The van der Waals surface area contributed by atoms with Crippen molar-refractivity contribution in [1.82, 2.24) is 14.4 Å². The van der Waals surface area contributed by atoms with Gasteiger partial charge in [0.05, 0.1) is 0 Å². The average molecular weight is 191 g/mol. The van der Waals surface area contributed by atoms with Crippen LogP contribution in [0.2, 0.25) is 0 Å². The van der Waals surface area contributed by atoms with E-state index < -0.39 is 5.91 Å². The maximum Gasteiger partial charge on any atom is 0.271 e. The van der Waals surface area contributed by atoms with Crippen LogP contribution in [0.15, 0.2) is 12.4 Å². The standard InChI is InChI=1S/C8H9N5O/c1-4-2-11-8-12-5(7(10)14)6(9)13(8)3-4/h2-3H,9H2,1H3,(H2,10,14). The third-order valence-corrected chi connectivity index (χ3v) is 1.88. The minimum absolute atomic E-state index is 0.0584. The fourth-order valence-electron chi connectivity index (χ4n) is 1.23. The second-order valence-corrected chi connectivity index (χ2v) is 3.01. The Hall–Kier alpha value is -2.11. The largest absolute Gasteiger partial charge is 0.383 e. The van der Waals surface area contributed by atoms with Crippen molar-refractivity contribution < 1.29 is 4.79 Å². The normalized spacial score (nSPS) is 10.6. The molecule has 0 saturated carbocycles. The molecular weight excluding hydrogens is 182 g/mol. The molecule has 0 atom stereocenters. The Balaban J connectivity index is 2.80. The van der Waals surface area contributed by atoms with Crippen LogP contribution in [0.5, 0.6) is 0 Å². The van der Waals surface area contributed by atoms with Crippen molar-refractivity contribution in [1.29, 1.82) is 0 Å². The number of primary amides is 1. The van der Waals surface area contributed by atoms with E-state index in [1.807, 2.05) is 6.92 Å². The van der Waals surface area contributed by atoms with Crippen molar-refractivity contribution in [2.24, 2.45) is 5.73 Å². The molecular formula is C8H9N5O. The fraction of sp³-hybridized carbons (Fsp3) is 0.125. The number of nitrogens with two attached hydrogens (primary N) is 2. The second-order valence-electron chi connectivity index (χ2n) is 3.01. The Morgan fingerprint density at radius 1 is 1.57 bits per heavy atom. The van der Waals surface area contributed by atoms with E-state index in [4.69, 9.17) is 11.5 Å². The van der Waals surface area contributed by atoms with Gasteiger partial charge in [-0.25, -0.2) is 9.97 Å². The minimum Gasteiger partial charge on any atom is -0.383 e. The second kappa shape index (κ2) is 2.69. The average Bonchev–Trinajstić information content (AvgIpc) is 2.44. The lowest BCUT2D eigenvalue weighted by atomic mass is 10.4. The highest BCUT2D eigenvalue weighted by Crippen LogP contribution is 2.12. The van der Waals surface area contributed by atoms with Crippen molar-refractivity contribution in [2.45, 2.75) is 6.92 Å². The molecule has 0 unspecified atom stereocenters. The number of aromatic nitrogens is 3. The Kier molecular flexibility index (Phi) is 1.63. The van der Waals surface area contributed by atoms with Gasteiger partial charge in [-0.1, -0.05) is 0 Å². The summed E-state index contributed by atoms with van der Waals surface area (Å²) < 4.78 is 1.54. The fourth-order valence-corrected chi connectivity index (χ4v) is 1.23. The Morgan fingerprint density at radius 3 is 2.93 bits per heavy atom. The van der Waals surface area contributed by atoms with E-state index in [0.29, 0.717) is 5.78 Å². The number of carbonyl (C=O) groups excluding carboxylic acids is 1. The molecule has 0 radical (unpaired) electrons. The first-order valence-electron chi connectivity index (χ1n) is 3.99. The van der Waals surface area contributed by atoms with Gasteiger partial charge in [-0.05, 0) is 12.5 Å². The topological polar surface area (TPSA) is 99.3 Å². The first-order chi connectivity index (χ1) is 6.59. The molecule has 0 saturated heterocycles. The molecule has 2 heterocycles. The van der Waals surface area contributed by atoms with Gasteiger partial charge in [0.1, 0.15) is 5.82 Å². The van der Waals surface area contributed by atoms with Crippen molar-refractivity contribution in [2.75, 3.05) is 5.73 Å². The van der Waals surface area contributed by atoms with Crippen molar-refractivity contribution >= 4 is 17.5 Å². The molecule has 0 aromatic carbocycles. The number of carbonyl (C=O) groups is 1. The van der Waals surface area contributed by atoms with Crippen molar-refractivity contribution in [3.8, 4) is 0 Å². The van der Waals surface area contributed by atoms with Gasteiger partial charge >= 0.3 is 0 Å². The van der Waals surface area contributed by atoms with E-state index in [9.17, 15) is 4.79 Å². The summed E-state index contributed by atoms with van der Waals surface area (Å²) in [7, 11) is 0. The number of aryl methyl sites for hydroxylation is 1. The van der Waals surface area contributed by atoms with Gasteiger partial charge < -0.3 is 11.5 Å². The molecule has 0 aliphatic carbocycles. The van der Waals surface area contributed by atoms with Gasteiger partial charge in [-0.2, -0.15) is 0 Å². The monoisotopic (exact) mass is 191 g/mol. The predicted octanol–water partition coefficient (Wildman–Crippen LogP) is -0.281. The smallest absolute Gasteiger partial charge is 0.271 e. The van der Waals surface area contributed by atoms with Crippen LogP contribution in [0.1, 0.15) is 16.1 Å². The van der Waals surface area contributed by atoms with E-state index >= 15 is 0 Å². The number of anilines is 1. The number of hydrogen-bond donors (Lipinski definition) is 2. The number of rotatable bonds is 1. The van der Waals surface area contributed by atoms with Crippen LogP contribution in [0.25, 0.3) is 5.78 Å².